The monoisotopic (exact) mass is 416 g/mol. The summed E-state index contributed by atoms with van der Waals surface area (Å²) in [5, 5.41) is 7.55. The Kier molecular flexibility index (Phi) is 4.92. The molecule has 3 aromatic carbocycles. The summed E-state index contributed by atoms with van der Waals surface area (Å²) in [4.78, 5) is 4.27. The lowest BCUT2D eigenvalue weighted by Gasteiger charge is -2.25. The van der Waals surface area contributed by atoms with E-state index in [1.165, 1.54) is 12.4 Å². The SMILES string of the molecule is FC(F)Oc1ccccc1[C@H]1C=C(c2ccc(-c3ccccc3)cc2)Nc2ncnn21. The summed E-state index contributed by atoms with van der Waals surface area (Å²) in [5.74, 6) is 0.641. The van der Waals surface area contributed by atoms with Gasteiger partial charge in [-0.25, -0.2) is 4.68 Å². The van der Waals surface area contributed by atoms with Crippen molar-refractivity contribution in [1.29, 1.82) is 0 Å². The number of benzene rings is 3. The van der Waals surface area contributed by atoms with Crippen molar-refractivity contribution in [2.24, 2.45) is 0 Å². The number of hydrogen-bond acceptors (Lipinski definition) is 4. The quantitative estimate of drug-likeness (QED) is 0.460. The van der Waals surface area contributed by atoms with Gasteiger partial charge < -0.3 is 10.1 Å². The fourth-order valence-corrected chi connectivity index (χ4v) is 3.72. The van der Waals surface area contributed by atoms with Gasteiger partial charge in [0, 0.05) is 11.3 Å². The fraction of sp³-hybridized carbons (Fsp3) is 0.0833. The van der Waals surface area contributed by atoms with Crippen LogP contribution in [0.1, 0.15) is 17.2 Å². The number of hydrogen-bond donors (Lipinski definition) is 1. The second-order valence-electron chi connectivity index (χ2n) is 7.04. The molecule has 154 valence electrons. The summed E-state index contributed by atoms with van der Waals surface area (Å²) in [5.41, 5.74) is 4.59. The highest BCUT2D eigenvalue weighted by Crippen LogP contribution is 2.36. The number of halogens is 2. The van der Waals surface area contributed by atoms with Crippen molar-refractivity contribution >= 4 is 11.6 Å². The van der Waals surface area contributed by atoms with E-state index < -0.39 is 12.7 Å². The zero-order valence-electron chi connectivity index (χ0n) is 16.3. The lowest BCUT2D eigenvalue weighted by atomic mass is 9.99. The largest absolute Gasteiger partial charge is 0.434 e. The Balaban J connectivity index is 1.53. The Bertz CT molecular complexity index is 1220. The van der Waals surface area contributed by atoms with Crippen LogP contribution in [0.5, 0.6) is 5.75 Å². The first kappa shape index (κ1) is 19.0. The van der Waals surface area contributed by atoms with Crippen LogP contribution in [-0.4, -0.2) is 21.4 Å². The minimum atomic E-state index is -2.91. The molecule has 1 aliphatic heterocycles. The molecule has 0 saturated heterocycles. The van der Waals surface area contributed by atoms with Crippen LogP contribution in [0.4, 0.5) is 14.7 Å². The van der Waals surface area contributed by atoms with Crippen LogP contribution in [0.15, 0.2) is 91.3 Å². The average molecular weight is 416 g/mol. The van der Waals surface area contributed by atoms with Crippen LogP contribution in [-0.2, 0) is 0 Å². The molecule has 1 aromatic heterocycles. The molecule has 0 saturated carbocycles. The van der Waals surface area contributed by atoms with Gasteiger partial charge in [0.1, 0.15) is 18.1 Å². The van der Waals surface area contributed by atoms with Crippen molar-refractivity contribution in [2.75, 3.05) is 5.32 Å². The average Bonchev–Trinajstić information content (AvgIpc) is 3.28. The lowest BCUT2D eigenvalue weighted by Crippen LogP contribution is -2.21. The Morgan fingerprint density at radius 3 is 2.29 bits per heavy atom. The fourth-order valence-electron chi connectivity index (χ4n) is 3.72. The Morgan fingerprint density at radius 2 is 1.52 bits per heavy atom. The van der Waals surface area contributed by atoms with Crippen molar-refractivity contribution in [3.8, 4) is 16.9 Å². The summed E-state index contributed by atoms with van der Waals surface area (Å²) in [6, 6.07) is 24.5. The lowest BCUT2D eigenvalue weighted by molar-refractivity contribution is -0.0506. The summed E-state index contributed by atoms with van der Waals surface area (Å²) >= 11 is 0. The first-order chi connectivity index (χ1) is 15.2. The molecule has 5 nitrogen and oxygen atoms in total. The number of alkyl halides is 2. The number of ether oxygens (including phenoxy) is 1. The number of fused-ring (bicyclic) bond motifs is 1. The van der Waals surface area contributed by atoms with Gasteiger partial charge in [-0.15, -0.1) is 0 Å². The molecule has 1 N–H and O–H groups in total. The van der Waals surface area contributed by atoms with Gasteiger partial charge in [0.25, 0.3) is 0 Å². The van der Waals surface area contributed by atoms with E-state index >= 15 is 0 Å². The van der Waals surface area contributed by atoms with Crippen molar-refractivity contribution in [1.82, 2.24) is 14.8 Å². The predicted octanol–water partition coefficient (Wildman–Crippen LogP) is 5.60. The van der Waals surface area contributed by atoms with Gasteiger partial charge in [-0.3, -0.25) is 0 Å². The van der Waals surface area contributed by atoms with Gasteiger partial charge in [-0.05, 0) is 28.8 Å². The van der Waals surface area contributed by atoms with E-state index in [1.807, 2.05) is 36.4 Å². The second kappa shape index (κ2) is 8.02. The van der Waals surface area contributed by atoms with Crippen molar-refractivity contribution in [3.05, 3.63) is 102 Å². The van der Waals surface area contributed by atoms with Gasteiger partial charge in [-0.2, -0.15) is 18.9 Å². The number of allylic oxidation sites excluding steroid dienone is 1. The standard InChI is InChI=1S/C24H18F2N4O/c25-23(26)31-22-9-5-4-8-19(22)21-14-20(29-24-27-15-28-30(21)24)18-12-10-17(11-13-18)16-6-2-1-3-7-16/h1-15,21,23H,(H,27,28,29)/t21-/m1/s1. The van der Waals surface area contributed by atoms with E-state index in [1.54, 1.807) is 22.9 Å². The number of rotatable bonds is 5. The Labute approximate surface area is 177 Å². The molecule has 1 atom stereocenters. The molecular weight excluding hydrogens is 398 g/mol. The van der Waals surface area contributed by atoms with E-state index in [2.05, 4.69) is 39.7 Å². The van der Waals surface area contributed by atoms with Gasteiger partial charge in [-0.1, -0.05) is 72.8 Å². The van der Waals surface area contributed by atoms with Crippen LogP contribution in [0.2, 0.25) is 0 Å². The minimum absolute atomic E-state index is 0.112. The van der Waals surface area contributed by atoms with Gasteiger partial charge in [0.15, 0.2) is 0 Å². The molecule has 0 unspecified atom stereocenters. The molecule has 0 aliphatic carbocycles. The Hall–Kier alpha value is -4.00. The van der Waals surface area contributed by atoms with Crippen LogP contribution in [0.3, 0.4) is 0 Å². The number of para-hydroxylation sites is 1. The summed E-state index contributed by atoms with van der Waals surface area (Å²) < 4.78 is 32.3. The highest BCUT2D eigenvalue weighted by atomic mass is 19.3. The first-order valence-electron chi connectivity index (χ1n) is 9.77. The third-order valence-electron chi connectivity index (χ3n) is 5.16. The van der Waals surface area contributed by atoms with E-state index in [0.717, 1.165) is 22.4 Å². The first-order valence-corrected chi connectivity index (χ1v) is 9.77. The Morgan fingerprint density at radius 1 is 0.839 bits per heavy atom. The van der Waals surface area contributed by atoms with Crippen LogP contribution in [0, 0.1) is 0 Å². The maximum Gasteiger partial charge on any atom is 0.387 e. The van der Waals surface area contributed by atoms with Crippen LogP contribution >= 0.6 is 0 Å². The summed E-state index contributed by atoms with van der Waals surface area (Å²) in [6.45, 7) is -2.91. The van der Waals surface area contributed by atoms with Crippen LogP contribution < -0.4 is 10.1 Å². The van der Waals surface area contributed by atoms with Crippen molar-refractivity contribution in [2.45, 2.75) is 12.7 Å². The molecule has 7 heteroatoms. The van der Waals surface area contributed by atoms with Gasteiger partial charge in [0.2, 0.25) is 5.95 Å². The maximum absolute atomic E-state index is 12.9. The molecule has 1 aliphatic rings. The molecule has 0 bridgehead atoms. The molecule has 0 fully saturated rings. The molecule has 5 rings (SSSR count). The molecule has 0 amide bonds. The summed E-state index contributed by atoms with van der Waals surface area (Å²) in [6.07, 6.45) is 3.37. The molecule has 2 heterocycles. The molecular formula is C24H18F2N4O. The van der Waals surface area contributed by atoms with E-state index in [9.17, 15) is 8.78 Å². The third-order valence-corrected chi connectivity index (χ3v) is 5.16. The highest BCUT2D eigenvalue weighted by Gasteiger charge is 2.26. The van der Waals surface area contributed by atoms with E-state index in [-0.39, 0.29) is 5.75 Å². The minimum Gasteiger partial charge on any atom is -0.434 e. The highest BCUT2D eigenvalue weighted by molar-refractivity contribution is 5.78. The predicted molar refractivity (Wildman–Crippen MR) is 115 cm³/mol. The number of aromatic nitrogens is 3. The number of anilines is 1. The van der Waals surface area contributed by atoms with E-state index in [4.69, 9.17) is 4.74 Å². The van der Waals surface area contributed by atoms with Gasteiger partial charge in [0.05, 0.1) is 0 Å². The molecule has 4 aromatic rings. The van der Waals surface area contributed by atoms with Gasteiger partial charge >= 0.3 is 6.61 Å². The van der Waals surface area contributed by atoms with Crippen molar-refractivity contribution < 1.29 is 13.5 Å². The van der Waals surface area contributed by atoms with Crippen molar-refractivity contribution in [3.63, 3.8) is 0 Å². The number of nitrogens with one attached hydrogen (secondary N) is 1. The summed E-state index contributed by atoms with van der Waals surface area (Å²) in [7, 11) is 0. The zero-order valence-corrected chi connectivity index (χ0v) is 16.3. The second-order valence-corrected chi connectivity index (χ2v) is 7.04. The van der Waals surface area contributed by atoms with E-state index in [0.29, 0.717) is 11.5 Å². The smallest absolute Gasteiger partial charge is 0.387 e. The van der Waals surface area contributed by atoms with Crippen LogP contribution in [0.25, 0.3) is 16.8 Å². The third kappa shape index (κ3) is 3.77. The topological polar surface area (TPSA) is 52.0 Å². The maximum atomic E-state index is 12.9. The number of nitrogens with zero attached hydrogens (tertiary/aromatic N) is 3. The molecule has 0 radical (unpaired) electrons. The normalized spacial score (nSPS) is 15.2. The zero-order chi connectivity index (χ0) is 21.2. The molecule has 31 heavy (non-hydrogen) atoms. The molecule has 0 spiro atoms.